The summed E-state index contributed by atoms with van der Waals surface area (Å²) < 4.78 is 0. The van der Waals surface area contributed by atoms with Crippen molar-refractivity contribution < 1.29 is 4.79 Å². The van der Waals surface area contributed by atoms with Crippen molar-refractivity contribution in [1.29, 1.82) is 0 Å². The van der Waals surface area contributed by atoms with Crippen LogP contribution in [0, 0.1) is 0 Å². The van der Waals surface area contributed by atoms with E-state index in [1.165, 1.54) is 16.7 Å². The Kier molecular flexibility index (Phi) is 4.37. The van der Waals surface area contributed by atoms with Crippen molar-refractivity contribution in [2.24, 2.45) is 5.73 Å². The van der Waals surface area contributed by atoms with Gasteiger partial charge in [-0.15, -0.1) is 0 Å². The monoisotopic (exact) mass is 246 g/mol. The normalized spacial score (nSPS) is 14.2. The van der Waals surface area contributed by atoms with Crippen molar-refractivity contribution in [2.45, 2.75) is 45.4 Å². The molecule has 1 aromatic carbocycles. The molecule has 1 aromatic rings. The highest BCUT2D eigenvalue weighted by Crippen LogP contribution is 2.29. The van der Waals surface area contributed by atoms with Gasteiger partial charge in [0, 0.05) is 12.1 Å². The molecule has 0 atom stereocenters. The first-order valence-corrected chi connectivity index (χ1v) is 6.89. The number of amides is 1. The zero-order valence-corrected chi connectivity index (χ0v) is 11.1. The van der Waals surface area contributed by atoms with Crippen LogP contribution in [0.5, 0.6) is 0 Å². The molecule has 0 fully saturated rings. The van der Waals surface area contributed by atoms with Gasteiger partial charge in [-0.05, 0) is 55.3 Å². The summed E-state index contributed by atoms with van der Waals surface area (Å²) >= 11 is 0. The molecule has 3 N–H and O–H groups in total. The van der Waals surface area contributed by atoms with Crippen LogP contribution < -0.4 is 11.1 Å². The standard InChI is InChI=1S/C15H22N2O/c1-2-11-9-12(5-3-4-8-16)15-13(10-11)6-7-14(18)17-15/h9-10H,2-8,16H2,1H3,(H,17,18). The van der Waals surface area contributed by atoms with Crippen molar-refractivity contribution in [3.8, 4) is 0 Å². The quantitative estimate of drug-likeness (QED) is 0.784. The van der Waals surface area contributed by atoms with Gasteiger partial charge >= 0.3 is 0 Å². The van der Waals surface area contributed by atoms with Crippen LogP contribution in [0.3, 0.4) is 0 Å². The summed E-state index contributed by atoms with van der Waals surface area (Å²) in [6.45, 7) is 2.91. The maximum atomic E-state index is 11.5. The molecule has 3 nitrogen and oxygen atoms in total. The van der Waals surface area contributed by atoms with Gasteiger partial charge in [0.05, 0.1) is 0 Å². The molecule has 1 aliphatic heterocycles. The number of nitrogens with one attached hydrogen (secondary N) is 1. The smallest absolute Gasteiger partial charge is 0.224 e. The van der Waals surface area contributed by atoms with Crippen molar-refractivity contribution >= 4 is 11.6 Å². The molecule has 0 radical (unpaired) electrons. The number of aryl methyl sites for hydroxylation is 3. The van der Waals surface area contributed by atoms with Gasteiger partial charge in [0.2, 0.25) is 5.91 Å². The molecule has 2 rings (SSSR count). The van der Waals surface area contributed by atoms with Gasteiger partial charge < -0.3 is 11.1 Å². The lowest BCUT2D eigenvalue weighted by atomic mass is 9.93. The lowest BCUT2D eigenvalue weighted by molar-refractivity contribution is -0.116. The molecule has 1 aliphatic rings. The second-order valence-corrected chi connectivity index (χ2v) is 4.94. The number of nitrogens with two attached hydrogens (primary N) is 1. The molecule has 3 heteroatoms. The Bertz CT molecular complexity index is 440. The summed E-state index contributed by atoms with van der Waals surface area (Å²) in [4.78, 5) is 11.5. The predicted molar refractivity (Wildman–Crippen MR) is 74.8 cm³/mol. The second-order valence-electron chi connectivity index (χ2n) is 4.94. The highest BCUT2D eigenvalue weighted by atomic mass is 16.1. The maximum absolute atomic E-state index is 11.5. The minimum Gasteiger partial charge on any atom is -0.330 e. The Morgan fingerprint density at radius 3 is 2.83 bits per heavy atom. The Balaban J connectivity index is 2.27. The number of hydrogen-bond acceptors (Lipinski definition) is 2. The van der Waals surface area contributed by atoms with Gasteiger partial charge in [0.15, 0.2) is 0 Å². The van der Waals surface area contributed by atoms with Crippen LogP contribution in [0.1, 0.15) is 42.9 Å². The van der Waals surface area contributed by atoms with Gasteiger partial charge in [-0.3, -0.25) is 4.79 Å². The molecular weight excluding hydrogens is 224 g/mol. The molecule has 1 amide bonds. The summed E-state index contributed by atoms with van der Waals surface area (Å²) in [7, 11) is 0. The van der Waals surface area contributed by atoms with Crippen LogP contribution in [0.25, 0.3) is 0 Å². The fraction of sp³-hybridized carbons (Fsp3) is 0.533. The summed E-state index contributed by atoms with van der Waals surface area (Å²) in [5, 5.41) is 3.04. The molecule has 0 saturated heterocycles. The zero-order valence-electron chi connectivity index (χ0n) is 11.1. The largest absolute Gasteiger partial charge is 0.330 e. The zero-order chi connectivity index (χ0) is 13.0. The van der Waals surface area contributed by atoms with Crippen LogP contribution >= 0.6 is 0 Å². The molecule has 0 unspecified atom stereocenters. The summed E-state index contributed by atoms with van der Waals surface area (Å²) in [5.41, 5.74) is 10.6. The maximum Gasteiger partial charge on any atom is 0.224 e. The van der Waals surface area contributed by atoms with E-state index >= 15 is 0 Å². The average molecular weight is 246 g/mol. The molecule has 98 valence electrons. The fourth-order valence-corrected chi connectivity index (χ4v) is 2.51. The summed E-state index contributed by atoms with van der Waals surface area (Å²) in [6, 6.07) is 4.47. The van der Waals surface area contributed by atoms with Gasteiger partial charge in [-0.25, -0.2) is 0 Å². The average Bonchev–Trinajstić information content (AvgIpc) is 2.39. The van der Waals surface area contributed by atoms with Crippen LogP contribution in [0.2, 0.25) is 0 Å². The lowest BCUT2D eigenvalue weighted by Crippen LogP contribution is -2.20. The number of carbonyl (C=O) groups is 1. The van der Waals surface area contributed by atoms with E-state index in [0.29, 0.717) is 6.42 Å². The molecule has 0 aliphatic carbocycles. The number of fused-ring (bicyclic) bond motifs is 1. The van der Waals surface area contributed by atoms with Crippen molar-refractivity contribution in [3.63, 3.8) is 0 Å². The Hall–Kier alpha value is -1.35. The molecule has 0 aromatic heterocycles. The fourth-order valence-electron chi connectivity index (χ4n) is 2.51. The van der Waals surface area contributed by atoms with Gasteiger partial charge in [0.1, 0.15) is 0 Å². The first-order chi connectivity index (χ1) is 8.74. The van der Waals surface area contributed by atoms with Crippen molar-refractivity contribution in [2.75, 3.05) is 11.9 Å². The molecule has 0 spiro atoms. The summed E-state index contributed by atoms with van der Waals surface area (Å²) in [5.74, 6) is 0.145. The molecule has 0 saturated carbocycles. The number of carbonyl (C=O) groups excluding carboxylic acids is 1. The molecule has 1 heterocycles. The van der Waals surface area contributed by atoms with E-state index in [4.69, 9.17) is 5.73 Å². The third-order valence-corrected chi connectivity index (χ3v) is 3.56. The van der Waals surface area contributed by atoms with Gasteiger partial charge in [0.25, 0.3) is 0 Å². The van der Waals surface area contributed by atoms with Crippen LogP contribution in [-0.4, -0.2) is 12.5 Å². The van der Waals surface area contributed by atoms with Crippen LogP contribution in [0.15, 0.2) is 12.1 Å². The summed E-state index contributed by atoms with van der Waals surface area (Å²) in [6.07, 6.45) is 5.67. The Morgan fingerprint density at radius 1 is 1.28 bits per heavy atom. The van der Waals surface area contributed by atoms with Crippen LogP contribution in [0.4, 0.5) is 5.69 Å². The van der Waals surface area contributed by atoms with Crippen LogP contribution in [-0.2, 0) is 24.1 Å². The Labute approximate surface area is 109 Å². The Morgan fingerprint density at radius 2 is 2.11 bits per heavy atom. The molecular formula is C15H22N2O. The topological polar surface area (TPSA) is 55.1 Å². The molecule has 0 bridgehead atoms. The first kappa shape index (κ1) is 13.1. The van der Waals surface area contributed by atoms with E-state index < -0.39 is 0 Å². The second kappa shape index (κ2) is 6.01. The SMILES string of the molecule is CCc1cc(CCCCN)c2c(c1)CCC(=O)N2. The van der Waals surface area contributed by atoms with E-state index in [1.54, 1.807) is 0 Å². The van der Waals surface area contributed by atoms with E-state index in [2.05, 4.69) is 24.4 Å². The first-order valence-electron chi connectivity index (χ1n) is 6.89. The van der Waals surface area contributed by atoms with E-state index in [9.17, 15) is 4.79 Å². The van der Waals surface area contributed by atoms with Crippen molar-refractivity contribution in [1.82, 2.24) is 0 Å². The highest BCUT2D eigenvalue weighted by Gasteiger charge is 2.18. The number of anilines is 1. The third-order valence-electron chi connectivity index (χ3n) is 3.56. The number of benzene rings is 1. The molecule has 18 heavy (non-hydrogen) atoms. The third kappa shape index (κ3) is 2.91. The predicted octanol–water partition coefficient (Wildman–Crippen LogP) is 2.42. The minimum absolute atomic E-state index is 0.145. The van der Waals surface area contributed by atoms with E-state index in [1.807, 2.05) is 0 Å². The number of rotatable bonds is 5. The number of unbranched alkanes of at least 4 members (excludes halogenated alkanes) is 1. The van der Waals surface area contributed by atoms with Crippen molar-refractivity contribution in [3.05, 3.63) is 28.8 Å². The lowest BCUT2D eigenvalue weighted by Gasteiger charge is -2.21. The minimum atomic E-state index is 0.145. The van der Waals surface area contributed by atoms with Gasteiger partial charge in [-0.2, -0.15) is 0 Å². The van der Waals surface area contributed by atoms with Gasteiger partial charge in [-0.1, -0.05) is 19.1 Å². The highest BCUT2D eigenvalue weighted by molar-refractivity contribution is 5.94. The number of hydrogen-bond donors (Lipinski definition) is 2. The van der Waals surface area contributed by atoms with E-state index in [0.717, 1.165) is 44.3 Å². The van der Waals surface area contributed by atoms with E-state index in [-0.39, 0.29) is 5.91 Å².